The monoisotopic (exact) mass is 204 g/mol. The molecule has 0 N–H and O–H groups in total. The Morgan fingerprint density at radius 2 is 2.08 bits per heavy atom. The molecule has 13 heavy (non-hydrogen) atoms. The van der Waals surface area contributed by atoms with E-state index in [0.29, 0.717) is 10.6 Å². The Morgan fingerprint density at radius 1 is 1.38 bits per heavy atom. The normalized spacial score (nSPS) is 10.2. The van der Waals surface area contributed by atoms with Gasteiger partial charge in [-0.15, -0.1) is 0 Å². The van der Waals surface area contributed by atoms with E-state index in [-0.39, 0.29) is 5.75 Å². The third-order valence-electron chi connectivity index (χ3n) is 1.35. The number of alkyl halides is 2. The first-order valence-corrected chi connectivity index (χ1v) is 3.87. The van der Waals surface area contributed by atoms with Crippen molar-refractivity contribution in [1.29, 1.82) is 0 Å². The van der Waals surface area contributed by atoms with Gasteiger partial charge in [0.25, 0.3) is 0 Å². The van der Waals surface area contributed by atoms with E-state index in [4.69, 9.17) is 11.6 Å². The van der Waals surface area contributed by atoms with Crippen LogP contribution in [0.3, 0.4) is 0 Å². The van der Waals surface area contributed by atoms with E-state index in [0.717, 1.165) is 0 Å². The highest BCUT2D eigenvalue weighted by Gasteiger charge is 2.05. The predicted molar refractivity (Wildman–Crippen MR) is 48.2 cm³/mol. The summed E-state index contributed by atoms with van der Waals surface area (Å²) >= 11 is 5.64. The molecule has 0 saturated carbocycles. The van der Waals surface area contributed by atoms with Crippen molar-refractivity contribution in [3.63, 3.8) is 0 Å². The van der Waals surface area contributed by atoms with Crippen LogP contribution in [0.2, 0.25) is 5.02 Å². The first-order valence-electron chi connectivity index (χ1n) is 3.49. The quantitative estimate of drug-likeness (QED) is 0.731. The molecule has 0 heterocycles. The van der Waals surface area contributed by atoms with Gasteiger partial charge in [0, 0.05) is 5.02 Å². The summed E-state index contributed by atoms with van der Waals surface area (Å²) in [5.74, 6) is 0.0393. The minimum absolute atomic E-state index is 0.0393. The third kappa shape index (κ3) is 3.03. The van der Waals surface area contributed by atoms with Crippen molar-refractivity contribution in [1.82, 2.24) is 0 Å². The summed E-state index contributed by atoms with van der Waals surface area (Å²) in [4.78, 5) is 0. The smallest absolute Gasteiger partial charge is 0.387 e. The molecule has 0 radical (unpaired) electrons. The van der Waals surface area contributed by atoms with Crippen LogP contribution >= 0.6 is 11.6 Å². The van der Waals surface area contributed by atoms with Crippen LogP contribution in [0, 0.1) is 0 Å². The van der Waals surface area contributed by atoms with Crippen LogP contribution in [0.25, 0.3) is 6.08 Å². The number of rotatable bonds is 3. The summed E-state index contributed by atoms with van der Waals surface area (Å²) in [7, 11) is 0. The first-order chi connectivity index (χ1) is 6.11. The fourth-order valence-electron chi connectivity index (χ4n) is 0.873. The largest absolute Gasteiger partial charge is 0.435 e. The van der Waals surface area contributed by atoms with E-state index in [1.54, 1.807) is 6.07 Å². The topological polar surface area (TPSA) is 9.23 Å². The Morgan fingerprint density at radius 3 is 2.62 bits per heavy atom. The van der Waals surface area contributed by atoms with Crippen molar-refractivity contribution in [3.05, 3.63) is 35.4 Å². The summed E-state index contributed by atoms with van der Waals surface area (Å²) in [6.45, 7) is 0.654. The van der Waals surface area contributed by atoms with Crippen LogP contribution in [0.4, 0.5) is 8.78 Å². The van der Waals surface area contributed by atoms with Gasteiger partial charge in [-0.3, -0.25) is 0 Å². The minimum Gasteiger partial charge on any atom is -0.435 e. The predicted octanol–water partition coefficient (Wildman–Crippen LogP) is 3.58. The first kappa shape index (κ1) is 9.99. The van der Waals surface area contributed by atoms with E-state index >= 15 is 0 Å². The fraction of sp³-hybridized carbons (Fsp3) is 0.111. The molecule has 0 saturated heterocycles. The van der Waals surface area contributed by atoms with E-state index in [1.165, 1.54) is 18.2 Å². The zero-order valence-electron chi connectivity index (χ0n) is 6.64. The molecule has 0 amide bonds. The average molecular weight is 205 g/mol. The fourth-order valence-corrected chi connectivity index (χ4v) is 1.11. The molecule has 70 valence electrons. The van der Waals surface area contributed by atoms with Gasteiger partial charge in [-0.25, -0.2) is 0 Å². The number of halogens is 3. The zero-order valence-corrected chi connectivity index (χ0v) is 7.39. The highest BCUT2D eigenvalue weighted by atomic mass is 35.5. The van der Waals surface area contributed by atoms with Gasteiger partial charge < -0.3 is 4.74 Å². The molecule has 0 fully saturated rings. The van der Waals surface area contributed by atoms with Crippen molar-refractivity contribution >= 4 is 17.7 Å². The Balaban J connectivity index is 2.94. The maximum absolute atomic E-state index is 11.8. The molecule has 0 aliphatic heterocycles. The number of hydrogen-bond acceptors (Lipinski definition) is 1. The molecule has 0 bridgehead atoms. The zero-order chi connectivity index (χ0) is 9.84. The lowest BCUT2D eigenvalue weighted by Crippen LogP contribution is -2.01. The second-order valence-electron chi connectivity index (χ2n) is 2.30. The molecular formula is C9H7ClF2O. The third-order valence-corrected chi connectivity index (χ3v) is 1.57. The lowest BCUT2D eigenvalue weighted by Gasteiger charge is -2.05. The number of ether oxygens (including phenoxy) is 1. The average Bonchev–Trinajstić information content (AvgIpc) is 2.01. The van der Waals surface area contributed by atoms with Crippen LogP contribution in [0.5, 0.6) is 5.75 Å². The van der Waals surface area contributed by atoms with E-state index in [1.807, 2.05) is 0 Å². The summed E-state index contributed by atoms with van der Waals surface area (Å²) < 4.78 is 27.8. The summed E-state index contributed by atoms with van der Waals surface area (Å²) in [5, 5.41) is 0.341. The molecule has 0 aliphatic carbocycles. The van der Waals surface area contributed by atoms with Gasteiger partial charge in [-0.1, -0.05) is 24.3 Å². The van der Waals surface area contributed by atoms with E-state index in [2.05, 4.69) is 11.3 Å². The molecule has 1 aromatic rings. The van der Waals surface area contributed by atoms with Crippen LogP contribution in [0.15, 0.2) is 24.8 Å². The Labute approximate surface area is 79.6 Å². The lowest BCUT2D eigenvalue weighted by atomic mass is 10.2. The molecule has 1 rings (SSSR count). The van der Waals surface area contributed by atoms with Crippen molar-refractivity contribution in [2.45, 2.75) is 6.61 Å². The van der Waals surface area contributed by atoms with Gasteiger partial charge in [-0.2, -0.15) is 8.78 Å². The Bertz CT molecular complexity index is 312. The summed E-state index contributed by atoms with van der Waals surface area (Å²) in [6.07, 6.45) is 1.50. The van der Waals surface area contributed by atoms with Gasteiger partial charge in [0.1, 0.15) is 5.75 Å². The van der Waals surface area contributed by atoms with Gasteiger partial charge in [-0.05, 0) is 23.8 Å². The van der Waals surface area contributed by atoms with Crippen LogP contribution in [-0.2, 0) is 0 Å². The Hall–Kier alpha value is -1.09. The molecule has 0 atom stereocenters. The lowest BCUT2D eigenvalue weighted by molar-refractivity contribution is -0.0498. The second-order valence-corrected chi connectivity index (χ2v) is 2.74. The van der Waals surface area contributed by atoms with Crippen LogP contribution in [0.1, 0.15) is 5.56 Å². The summed E-state index contributed by atoms with van der Waals surface area (Å²) in [5.41, 5.74) is 0.642. The molecule has 0 aliphatic rings. The number of benzene rings is 1. The molecule has 0 aromatic heterocycles. The van der Waals surface area contributed by atoms with Crippen molar-refractivity contribution in [3.8, 4) is 5.75 Å². The van der Waals surface area contributed by atoms with Gasteiger partial charge >= 0.3 is 6.61 Å². The van der Waals surface area contributed by atoms with Crippen LogP contribution in [-0.4, -0.2) is 6.61 Å². The molecule has 1 aromatic carbocycles. The minimum atomic E-state index is -2.84. The SMILES string of the molecule is C=Cc1cc(Cl)cc(OC(F)F)c1. The highest BCUT2D eigenvalue weighted by Crippen LogP contribution is 2.22. The van der Waals surface area contributed by atoms with E-state index in [9.17, 15) is 8.78 Å². The summed E-state index contributed by atoms with van der Waals surface area (Å²) in [6, 6.07) is 4.36. The molecule has 0 spiro atoms. The van der Waals surface area contributed by atoms with Gasteiger partial charge in [0.15, 0.2) is 0 Å². The maximum Gasteiger partial charge on any atom is 0.387 e. The Kier molecular flexibility index (Phi) is 3.25. The standard InChI is InChI=1S/C9H7ClF2O/c1-2-6-3-7(10)5-8(4-6)13-9(11)12/h2-5,9H,1H2. The van der Waals surface area contributed by atoms with Crippen molar-refractivity contribution in [2.75, 3.05) is 0 Å². The van der Waals surface area contributed by atoms with Crippen LogP contribution < -0.4 is 4.74 Å². The number of hydrogen-bond donors (Lipinski definition) is 0. The van der Waals surface area contributed by atoms with Crippen molar-refractivity contribution in [2.24, 2.45) is 0 Å². The van der Waals surface area contributed by atoms with Gasteiger partial charge in [0.2, 0.25) is 0 Å². The molecular weight excluding hydrogens is 198 g/mol. The molecule has 4 heteroatoms. The second kappa shape index (κ2) is 4.23. The van der Waals surface area contributed by atoms with E-state index < -0.39 is 6.61 Å². The van der Waals surface area contributed by atoms with Crippen molar-refractivity contribution < 1.29 is 13.5 Å². The maximum atomic E-state index is 11.8. The molecule has 1 nitrogen and oxygen atoms in total. The van der Waals surface area contributed by atoms with Gasteiger partial charge in [0.05, 0.1) is 0 Å². The highest BCUT2D eigenvalue weighted by molar-refractivity contribution is 6.30. The molecule has 0 unspecified atom stereocenters.